The summed E-state index contributed by atoms with van der Waals surface area (Å²) in [7, 11) is 1.59. The number of aromatic nitrogens is 3. The number of hydrogen-bond acceptors (Lipinski definition) is 7. The standard InChI is InChI=1S/C28H26N4O4S/c1-15-16(2)37-28-25(15)26(29-22(14-24(34)35)27-31-30-17(3)32(27)28)20-7-5-18(6-8-20)13-23(33)19-9-11-21(36-4)12-10-19/h5-12,22H,13-14H2,1-4H3,(H,34,35)/t22-/m0/s1. The molecule has 0 radical (unpaired) electrons. The van der Waals surface area contributed by atoms with E-state index in [9.17, 15) is 14.7 Å². The van der Waals surface area contributed by atoms with E-state index in [1.54, 1.807) is 42.7 Å². The molecule has 9 heteroatoms. The van der Waals surface area contributed by atoms with Crippen molar-refractivity contribution >= 4 is 28.8 Å². The van der Waals surface area contributed by atoms with E-state index in [1.807, 2.05) is 35.8 Å². The van der Waals surface area contributed by atoms with Crippen LogP contribution < -0.4 is 4.74 Å². The van der Waals surface area contributed by atoms with Gasteiger partial charge in [0.2, 0.25) is 0 Å². The second-order valence-electron chi connectivity index (χ2n) is 9.02. The van der Waals surface area contributed by atoms with Gasteiger partial charge in [0.25, 0.3) is 0 Å². The van der Waals surface area contributed by atoms with Crippen molar-refractivity contribution in [3.05, 3.63) is 92.9 Å². The van der Waals surface area contributed by atoms with Crippen molar-refractivity contribution in [3.8, 4) is 10.8 Å². The molecule has 8 nitrogen and oxygen atoms in total. The molecule has 188 valence electrons. The van der Waals surface area contributed by atoms with Crippen LogP contribution in [0.15, 0.2) is 53.5 Å². The number of nitrogens with zero attached hydrogens (tertiary/aromatic N) is 4. The van der Waals surface area contributed by atoms with Crippen molar-refractivity contribution in [2.75, 3.05) is 7.11 Å². The van der Waals surface area contributed by atoms with Gasteiger partial charge in [0, 0.05) is 28.0 Å². The maximum atomic E-state index is 12.8. The number of ether oxygens (including phenoxy) is 1. The second-order valence-corrected chi connectivity index (χ2v) is 10.2. The molecule has 0 aliphatic carbocycles. The summed E-state index contributed by atoms with van der Waals surface area (Å²) in [6, 6.07) is 14.2. The van der Waals surface area contributed by atoms with Crippen LogP contribution in [0.5, 0.6) is 5.75 Å². The SMILES string of the molecule is COc1ccc(C(=O)Cc2ccc(C3=N[C@@H](CC(=O)O)c4nnc(C)n4-c4sc(C)c(C)c43)cc2)cc1. The lowest BCUT2D eigenvalue weighted by Gasteiger charge is -2.11. The molecule has 0 fully saturated rings. The predicted molar refractivity (Wildman–Crippen MR) is 142 cm³/mol. The Morgan fingerprint density at radius 3 is 2.38 bits per heavy atom. The number of aliphatic imine (C=N–C) groups is 1. The molecule has 0 bridgehead atoms. The average molecular weight is 515 g/mol. The van der Waals surface area contributed by atoms with Crippen molar-refractivity contribution in [2.45, 2.75) is 39.7 Å². The summed E-state index contributed by atoms with van der Waals surface area (Å²) >= 11 is 1.62. The molecule has 1 aliphatic rings. The van der Waals surface area contributed by atoms with E-state index in [4.69, 9.17) is 9.73 Å². The van der Waals surface area contributed by atoms with Gasteiger partial charge in [-0.1, -0.05) is 24.3 Å². The molecule has 1 aliphatic heterocycles. The Morgan fingerprint density at radius 1 is 1.03 bits per heavy atom. The number of hydrogen-bond donors (Lipinski definition) is 1. The molecule has 2 aromatic heterocycles. The second kappa shape index (κ2) is 9.74. The number of rotatable bonds is 7. The molecule has 4 aromatic rings. The number of thiophene rings is 1. The van der Waals surface area contributed by atoms with E-state index in [0.29, 0.717) is 23.0 Å². The first-order valence-corrected chi connectivity index (χ1v) is 12.7. The first-order valence-electron chi connectivity index (χ1n) is 11.9. The Morgan fingerprint density at radius 2 is 1.73 bits per heavy atom. The Balaban J connectivity index is 1.52. The van der Waals surface area contributed by atoms with E-state index in [0.717, 1.165) is 37.8 Å². The molecule has 2 aromatic carbocycles. The minimum Gasteiger partial charge on any atom is -0.497 e. The Bertz CT molecular complexity index is 1530. The van der Waals surface area contributed by atoms with Crippen LogP contribution in [0.2, 0.25) is 0 Å². The van der Waals surface area contributed by atoms with E-state index >= 15 is 0 Å². The first kappa shape index (κ1) is 24.6. The monoisotopic (exact) mass is 514 g/mol. The number of carboxylic acids is 1. The third-order valence-electron chi connectivity index (χ3n) is 6.61. The van der Waals surface area contributed by atoms with Crippen molar-refractivity contribution < 1.29 is 19.4 Å². The fourth-order valence-corrected chi connectivity index (χ4v) is 5.75. The topological polar surface area (TPSA) is 107 Å². The van der Waals surface area contributed by atoms with Gasteiger partial charge < -0.3 is 9.84 Å². The molecule has 1 atom stereocenters. The third kappa shape index (κ3) is 4.58. The number of carboxylic acid groups (broad SMARTS) is 1. The molecule has 3 heterocycles. The maximum Gasteiger partial charge on any atom is 0.306 e. The highest BCUT2D eigenvalue weighted by atomic mass is 32.1. The van der Waals surface area contributed by atoms with Crippen molar-refractivity contribution in [1.29, 1.82) is 0 Å². The summed E-state index contributed by atoms with van der Waals surface area (Å²) in [6.07, 6.45) is 0.0753. The zero-order valence-electron chi connectivity index (χ0n) is 21.0. The molecule has 0 saturated carbocycles. The lowest BCUT2D eigenvalue weighted by atomic mass is 9.97. The van der Waals surface area contributed by atoms with Crippen LogP contribution in [-0.2, 0) is 11.2 Å². The van der Waals surface area contributed by atoms with Crippen LogP contribution in [0.25, 0.3) is 5.00 Å². The molecular weight excluding hydrogens is 488 g/mol. The summed E-state index contributed by atoms with van der Waals surface area (Å²) in [5.74, 6) is 0.989. The number of benzene rings is 2. The van der Waals surface area contributed by atoms with Gasteiger partial charge in [-0.15, -0.1) is 21.5 Å². The number of aryl methyl sites for hydroxylation is 2. The summed E-state index contributed by atoms with van der Waals surface area (Å²) in [4.78, 5) is 30.6. The molecule has 37 heavy (non-hydrogen) atoms. The molecule has 0 spiro atoms. The Labute approximate surface area is 218 Å². The minimum atomic E-state index is -0.953. The highest BCUT2D eigenvalue weighted by Crippen LogP contribution is 2.39. The average Bonchev–Trinajstić information content (AvgIpc) is 3.36. The lowest BCUT2D eigenvalue weighted by Crippen LogP contribution is -2.11. The first-order chi connectivity index (χ1) is 17.8. The highest BCUT2D eigenvalue weighted by molar-refractivity contribution is 7.15. The lowest BCUT2D eigenvalue weighted by molar-refractivity contribution is -0.137. The number of carbonyl (C=O) groups is 2. The van der Waals surface area contributed by atoms with Crippen LogP contribution in [0, 0.1) is 20.8 Å². The van der Waals surface area contributed by atoms with Gasteiger partial charge in [0.05, 0.1) is 19.2 Å². The summed E-state index contributed by atoms with van der Waals surface area (Å²) < 4.78 is 7.11. The normalized spacial score (nSPS) is 14.4. The number of ketones is 1. The van der Waals surface area contributed by atoms with Gasteiger partial charge in [-0.2, -0.15) is 0 Å². The van der Waals surface area contributed by atoms with Gasteiger partial charge >= 0.3 is 5.97 Å². The maximum absolute atomic E-state index is 12.8. The summed E-state index contributed by atoms with van der Waals surface area (Å²) in [5.41, 5.74) is 5.14. The summed E-state index contributed by atoms with van der Waals surface area (Å²) in [5, 5.41) is 19.1. The molecule has 1 N–H and O–H groups in total. The Kier molecular flexibility index (Phi) is 6.47. The van der Waals surface area contributed by atoms with E-state index < -0.39 is 12.0 Å². The number of Topliss-reactive ketones (excluding diaryl/α,β-unsaturated/α-hetero) is 1. The van der Waals surface area contributed by atoms with Crippen LogP contribution in [-0.4, -0.2) is 44.4 Å². The van der Waals surface area contributed by atoms with Crippen LogP contribution in [0.3, 0.4) is 0 Å². The number of carbonyl (C=O) groups excluding carboxylic acids is 1. The minimum absolute atomic E-state index is 0.0173. The molecule has 5 rings (SSSR count). The van der Waals surface area contributed by atoms with E-state index in [2.05, 4.69) is 24.0 Å². The molecule has 0 amide bonds. The highest BCUT2D eigenvalue weighted by Gasteiger charge is 2.32. The van der Waals surface area contributed by atoms with E-state index in [1.165, 1.54) is 0 Å². The van der Waals surface area contributed by atoms with Crippen molar-refractivity contribution in [1.82, 2.24) is 14.8 Å². The summed E-state index contributed by atoms with van der Waals surface area (Å²) in [6.45, 7) is 5.98. The van der Waals surface area contributed by atoms with Crippen molar-refractivity contribution in [3.63, 3.8) is 0 Å². The predicted octanol–water partition coefficient (Wildman–Crippen LogP) is 5.05. The smallest absolute Gasteiger partial charge is 0.306 e. The van der Waals surface area contributed by atoms with Gasteiger partial charge in [-0.25, -0.2) is 0 Å². The zero-order valence-corrected chi connectivity index (χ0v) is 21.8. The number of methoxy groups -OCH3 is 1. The zero-order chi connectivity index (χ0) is 26.3. The van der Waals surface area contributed by atoms with Crippen molar-refractivity contribution in [2.24, 2.45) is 4.99 Å². The van der Waals surface area contributed by atoms with Crippen LogP contribution >= 0.6 is 11.3 Å². The molecular formula is C28H26N4O4S. The third-order valence-corrected chi connectivity index (χ3v) is 7.80. The fraction of sp³-hybridized carbons (Fsp3) is 0.250. The number of fused-ring (bicyclic) bond motifs is 3. The fourth-order valence-electron chi connectivity index (χ4n) is 4.53. The van der Waals surface area contributed by atoms with Crippen LogP contribution in [0.1, 0.15) is 61.6 Å². The molecule has 0 saturated heterocycles. The van der Waals surface area contributed by atoms with Gasteiger partial charge in [-0.3, -0.25) is 19.1 Å². The van der Waals surface area contributed by atoms with E-state index in [-0.39, 0.29) is 18.6 Å². The molecule has 0 unspecified atom stereocenters. The van der Waals surface area contributed by atoms with Crippen LogP contribution in [0.4, 0.5) is 0 Å². The van der Waals surface area contributed by atoms with Gasteiger partial charge in [-0.05, 0) is 56.2 Å². The largest absolute Gasteiger partial charge is 0.497 e. The van der Waals surface area contributed by atoms with Gasteiger partial charge in [0.15, 0.2) is 11.6 Å². The quantitative estimate of drug-likeness (QED) is 0.346. The van der Waals surface area contributed by atoms with Gasteiger partial charge in [0.1, 0.15) is 22.6 Å². The number of aliphatic carboxylic acids is 1. The Hall–Kier alpha value is -4.11.